The number of hydrogen-bond acceptors (Lipinski definition) is 3. The van der Waals surface area contributed by atoms with Crippen molar-refractivity contribution < 1.29 is 13.2 Å². The van der Waals surface area contributed by atoms with Gasteiger partial charge < -0.3 is 0 Å². The number of rotatable bonds is 3. The Kier molecular flexibility index (Phi) is 4.49. The van der Waals surface area contributed by atoms with Crippen molar-refractivity contribution in [3.63, 3.8) is 0 Å². The van der Waals surface area contributed by atoms with E-state index in [-0.39, 0.29) is 12.1 Å². The molecule has 0 aliphatic carbocycles. The molecule has 0 spiro atoms. The van der Waals surface area contributed by atoms with E-state index in [1.54, 1.807) is 4.68 Å². The molecule has 8 heteroatoms. The number of alkyl halides is 3. The molecule has 4 rings (SSSR count). The van der Waals surface area contributed by atoms with E-state index in [1.165, 1.54) is 29.2 Å². The fourth-order valence-corrected chi connectivity index (χ4v) is 3.20. The Hall–Kier alpha value is -3.42. The van der Waals surface area contributed by atoms with Crippen LogP contribution in [0.15, 0.2) is 59.8 Å². The minimum atomic E-state index is -4.39. The SMILES string of the molecule is Cc1cccc(-n2ncc3c(=O)n(Cc4ccc(C(F)(F)F)cc4)cnc32)c1C. The molecule has 29 heavy (non-hydrogen) atoms. The second-order valence-corrected chi connectivity index (χ2v) is 6.88. The van der Waals surface area contributed by atoms with Crippen LogP contribution in [-0.4, -0.2) is 19.3 Å². The van der Waals surface area contributed by atoms with Crippen molar-refractivity contribution in [3.8, 4) is 5.69 Å². The van der Waals surface area contributed by atoms with Crippen LogP contribution in [0.5, 0.6) is 0 Å². The fourth-order valence-electron chi connectivity index (χ4n) is 3.20. The van der Waals surface area contributed by atoms with Crippen LogP contribution in [0.3, 0.4) is 0 Å². The van der Waals surface area contributed by atoms with Crippen molar-refractivity contribution in [3.05, 3.63) is 87.6 Å². The zero-order valence-corrected chi connectivity index (χ0v) is 15.7. The molecule has 2 heterocycles. The summed E-state index contributed by atoms with van der Waals surface area (Å²) in [6.45, 7) is 4.09. The summed E-state index contributed by atoms with van der Waals surface area (Å²) in [6.07, 6.45) is -1.53. The topological polar surface area (TPSA) is 52.7 Å². The third-order valence-corrected chi connectivity index (χ3v) is 4.99. The summed E-state index contributed by atoms with van der Waals surface area (Å²) < 4.78 is 41.1. The zero-order valence-electron chi connectivity index (χ0n) is 15.7. The van der Waals surface area contributed by atoms with Crippen LogP contribution in [0.2, 0.25) is 0 Å². The standard InChI is InChI=1S/C21H17F3N4O/c1-13-4-3-5-18(14(13)2)28-19-17(10-26-28)20(29)27(12-25-19)11-15-6-8-16(9-7-15)21(22,23)24/h3-10,12H,11H2,1-2H3. The normalized spacial score (nSPS) is 11.9. The molecule has 0 unspecified atom stereocenters. The summed E-state index contributed by atoms with van der Waals surface area (Å²) in [7, 11) is 0. The summed E-state index contributed by atoms with van der Waals surface area (Å²) in [5.41, 5.74) is 2.96. The Morgan fingerprint density at radius 3 is 2.45 bits per heavy atom. The highest BCUT2D eigenvalue weighted by Crippen LogP contribution is 2.29. The highest BCUT2D eigenvalue weighted by molar-refractivity contribution is 5.75. The smallest absolute Gasteiger partial charge is 0.294 e. The van der Waals surface area contributed by atoms with Gasteiger partial charge in [0.1, 0.15) is 11.7 Å². The van der Waals surface area contributed by atoms with Crippen LogP contribution >= 0.6 is 0 Å². The van der Waals surface area contributed by atoms with Gasteiger partial charge in [-0.25, -0.2) is 9.67 Å². The molecule has 0 amide bonds. The highest BCUT2D eigenvalue weighted by Gasteiger charge is 2.29. The van der Waals surface area contributed by atoms with Crippen LogP contribution < -0.4 is 5.56 Å². The molecular weight excluding hydrogens is 381 g/mol. The van der Waals surface area contributed by atoms with Crippen molar-refractivity contribution >= 4 is 11.0 Å². The predicted octanol–water partition coefficient (Wildman–Crippen LogP) is 4.27. The minimum Gasteiger partial charge on any atom is -0.294 e. The lowest BCUT2D eigenvalue weighted by Crippen LogP contribution is -2.21. The molecule has 0 atom stereocenters. The maximum Gasteiger partial charge on any atom is 0.416 e. The number of halogens is 3. The van der Waals surface area contributed by atoms with E-state index in [1.807, 2.05) is 32.0 Å². The molecule has 5 nitrogen and oxygen atoms in total. The van der Waals surface area contributed by atoms with Crippen molar-refractivity contribution in [2.24, 2.45) is 0 Å². The summed E-state index contributed by atoms with van der Waals surface area (Å²) in [6, 6.07) is 10.5. The predicted molar refractivity (Wildman–Crippen MR) is 103 cm³/mol. The molecule has 4 aromatic rings. The van der Waals surface area contributed by atoms with Crippen LogP contribution in [0, 0.1) is 13.8 Å². The van der Waals surface area contributed by atoms with E-state index in [4.69, 9.17) is 0 Å². The Bertz CT molecular complexity index is 1250. The molecule has 0 aliphatic rings. The Balaban J connectivity index is 1.71. The van der Waals surface area contributed by atoms with Gasteiger partial charge >= 0.3 is 6.18 Å². The summed E-state index contributed by atoms with van der Waals surface area (Å²) in [4.78, 5) is 17.2. The van der Waals surface area contributed by atoms with Gasteiger partial charge in [0.15, 0.2) is 5.65 Å². The molecule has 0 aliphatic heterocycles. The van der Waals surface area contributed by atoms with Gasteiger partial charge in [-0.2, -0.15) is 18.3 Å². The van der Waals surface area contributed by atoms with E-state index in [9.17, 15) is 18.0 Å². The lowest BCUT2D eigenvalue weighted by Gasteiger charge is -2.10. The molecule has 0 bridgehead atoms. The first-order valence-corrected chi connectivity index (χ1v) is 8.91. The van der Waals surface area contributed by atoms with Crippen LogP contribution in [0.4, 0.5) is 13.2 Å². The third-order valence-electron chi connectivity index (χ3n) is 4.99. The molecule has 0 saturated heterocycles. The number of aromatic nitrogens is 4. The van der Waals surface area contributed by atoms with Gasteiger partial charge in [0.2, 0.25) is 0 Å². The molecular formula is C21H17F3N4O. The van der Waals surface area contributed by atoms with Crippen molar-refractivity contribution in [1.29, 1.82) is 0 Å². The second-order valence-electron chi connectivity index (χ2n) is 6.88. The first kappa shape index (κ1) is 18.9. The summed E-state index contributed by atoms with van der Waals surface area (Å²) in [5, 5.41) is 4.68. The molecule has 148 valence electrons. The number of hydrogen-bond donors (Lipinski definition) is 0. The average Bonchev–Trinajstić information content (AvgIpc) is 3.10. The monoisotopic (exact) mass is 398 g/mol. The van der Waals surface area contributed by atoms with Gasteiger partial charge in [-0.1, -0.05) is 24.3 Å². The molecule has 0 fully saturated rings. The van der Waals surface area contributed by atoms with Crippen LogP contribution in [0.25, 0.3) is 16.7 Å². The van der Waals surface area contributed by atoms with Gasteiger partial charge in [-0.3, -0.25) is 9.36 Å². The molecule has 0 N–H and O–H groups in total. The lowest BCUT2D eigenvalue weighted by atomic mass is 10.1. The number of nitrogens with zero attached hydrogens (tertiary/aromatic N) is 4. The Morgan fingerprint density at radius 2 is 1.76 bits per heavy atom. The second kappa shape index (κ2) is 6.88. The van der Waals surface area contributed by atoms with Gasteiger partial charge in [0.25, 0.3) is 5.56 Å². The number of aryl methyl sites for hydroxylation is 1. The molecule has 0 radical (unpaired) electrons. The van der Waals surface area contributed by atoms with Crippen molar-refractivity contribution in [2.45, 2.75) is 26.6 Å². The van der Waals surface area contributed by atoms with Crippen LogP contribution in [0.1, 0.15) is 22.3 Å². The summed E-state index contributed by atoms with van der Waals surface area (Å²) >= 11 is 0. The van der Waals surface area contributed by atoms with Crippen molar-refractivity contribution in [2.75, 3.05) is 0 Å². The maximum absolute atomic E-state index is 12.8. The van der Waals surface area contributed by atoms with Gasteiger partial charge in [-0.15, -0.1) is 0 Å². The van der Waals surface area contributed by atoms with Gasteiger partial charge in [0, 0.05) is 0 Å². The first-order valence-electron chi connectivity index (χ1n) is 8.91. The molecule has 2 aromatic heterocycles. The minimum absolute atomic E-state index is 0.120. The molecule has 0 saturated carbocycles. The number of benzene rings is 2. The quantitative estimate of drug-likeness (QED) is 0.518. The van der Waals surface area contributed by atoms with Gasteiger partial charge in [0.05, 0.1) is 24.0 Å². The first-order chi connectivity index (χ1) is 13.8. The average molecular weight is 398 g/mol. The lowest BCUT2D eigenvalue weighted by molar-refractivity contribution is -0.137. The van der Waals surface area contributed by atoms with E-state index < -0.39 is 11.7 Å². The van der Waals surface area contributed by atoms with E-state index in [2.05, 4.69) is 10.1 Å². The van der Waals surface area contributed by atoms with E-state index in [0.717, 1.165) is 28.9 Å². The largest absolute Gasteiger partial charge is 0.416 e. The highest BCUT2D eigenvalue weighted by atomic mass is 19.4. The third kappa shape index (κ3) is 3.41. The maximum atomic E-state index is 12.8. The van der Waals surface area contributed by atoms with Crippen molar-refractivity contribution in [1.82, 2.24) is 19.3 Å². The summed E-state index contributed by atoms with van der Waals surface area (Å²) in [5.74, 6) is 0. The van der Waals surface area contributed by atoms with E-state index >= 15 is 0 Å². The Morgan fingerprint density at radius 1 is 1.03 bits per heavy atom. The van der Waals surface area contributed by atoms with E-state index in [0.29, 0.717) is 16.6 Å². The van der Waals surface area contributed by atoms with Gasteiger partial charge in [-0.05, 0) is 48.7 Å². The van der Waals surface area contributed by atoms with Crippen LogP contribution in [-0.2, 0) is 12.7 Å². The fraction of sp³-hybridized carbons (Fsp3) is 0.190. The Labute approximate surface area is 164 Å². The molecule has 2 aromatic carbocycles. The zero-order chi connectivity index (χ0) is 20.8. The number of fused-ring (bicyclic) bond motifs is 1.